The molecule has 238 valence electrons. The lowest BCUT2D eigenvalue weighted by Crippen LogP contribution is -2.00. The molecular formula is C46H28N4O. The zero-order chi connectivity index (χ0) is 33.5. The van der Waals surface area contributed by atoms with Crippen molar-refractivity contribution in [2.45, 2.75) is 0 Å². The van der Waals surface area contributed by atoms with Crippen molar-refractivity contribution >= 4 is 65.7 Å². The van der Waals surface area contributed by atoms with Crippen LogP contribution in [0, 0.1) is 0 Å². The smallest absolute Gasteiger partial charge is 0.231 e. The number of hydrogen-bond acceptors (Lipinski definition) is 3. The second-order valence-electron chi connectivity index (χ2n) is 13.0. The maximum atomic E-state index is 6.44. The molecule has 4 aromatic heterocycles. The molecule has 0 radical (unpaired) electrons. The zero-order valence-corrected chi connectivity index (χ0v) is 27.4. The minimum Gasteiger partial charge on any atom is -0.438 e. The lowest BCUT2D eigenvalue weighted by molar-refractivity contribution is 0.653. The van der Waals surface area contributed by atoms with E-state index in [4.69, 9.17) is 14.4 Å². The summed E-state index contributed by atoms with van der Waals surface area (Å²) in [7, 11) is 0. The Kier molecular flexibility index (Phi) is 5.89. The van der Waals surface area contributed by atoms with E-state index in [1.54, 1.807) is 0 Å². The van der Waals surface area contributed by atoms with Crippen molar-refractivity contribution in [2.75, 3.05) is 0 Å². The van der Waals surface area contributed by atoms with Gasteiger partial charge in [-0.2, -0.15) is 4.98 Å². The maximum Gasteiger partial charge on any atom is 0.231 e. The first-order valence-electron chi connectivity index (χ1n) is 17.2. The van der Waals surface area contributed by atoms with Crippen LogP contribution in [0.15, 0.2) is 174 Å². The third-order valence-electron chi connectivity index (χ3n) is 10.2. The van der Waals surface area contributed by atoms with Crippen LogP contribution in [0.25, 0.3) is 99.7 Å². The van der Waals surface area contributed by atoms with E-state index in [1.807, 2.05) is 48.5 Å². The van der Waals surface area contributed by atoms with Crippen LogP contribution in [-0.2, 0) is 0 Å². The Morgan fingerprint density at radius 1 is 0.431 bits per heavy atom. The molecule has 0 saturated heterocycles. The molecule has 0 aliphatic heterocycles. The first-order chi connectivity index (χ1) is 25.3. The second-order valence-corrected chi connectivity index (χ2v) is 13.0. The molecule has 51 heavy (non-hydrogen) atoms. The van der Waals surface area contributed by atoms with E-state index in [1.165, 1.54) is 27.1 Å². The number of rotatable bonds is 4. The number of hydrogen-bond donors (Lipinski definition) is 0. The maximum absolute atomic E-state index is 6.44. The Bertz CT molecular complexity index is 3130. The first kappa shape index (κ1) is 27.9. The summed E-state index contributed by atoms with van der Waals surface area (Å²) in [4.78, 5) is 10.3. The number of nitrogens with zero attached hydrogens (tertiary/aromatic N) is 4. The van der Waals surface area contributed by atoms with Crippen molar-refractivity contribution in [2.24, 2.45) is 0 Å². The van der Waals surface area contributed by atoms with Crippen molar-refractivity contribution < 1.29 is 4.42 Å². The number of para-hydroxylation sites is 5. The minimum atomic E-state index is 0.574. The summed E-state index contributed by atoms with van der Waals surface area (Å²) in [5.74, 6) is 0.627. The molecule has 0 aliphatic rings. The summed E-state index contributed by atoms with van der Waals surface area (Å²) in [5.41, 5.74) is 10.9. The van der Waals surface area contributed by atoms with Gasteiger partial charge in [0.05, 0.1) is 38.8 Å². The summed E-state index contributed by atoms with van der Waals surface area (Å²) in [6.45, 7) is 0. The zero-order valence-electron chi connectivity index (χ0n) is 27.4. The lowest BCUT2D eigenvalue weighted by atomic mass is 10.0. The fourth-order valence-electron chi connectivity index (χ4n) is 8.02. The highest BCUT2D eigenvalue weighted by Crippen LogP contribution is 2.44. The van der Waals surface area contributed by atoms with Gasteiger partial charge in [-0.15, -0.1) is 0 Å². The molecule has 7 aromatic carbocycles. The Morgan fingerprint density at radius 2 is 1.08 bits per heavy atom. The van der Waals surface area contributed by atoms with Crippen molar-refractivity contribution in [3.63, 3.8) is 0 Å². The Labute approximate surface area is 292 Å². The monoisotopic (exact) mass is 652 g/mol. The first-order valence-corrected chi connectivity index (χ1v) is 17.2. The van der Waals surface area contributed by atoms with Crippen LogP contribution in [0.5, 0.6) is 0 Å². The molecule has 0 N–H and O–H groups in total. The van der Waals surface area contributed by atoms with Gasteiger partial charge in [-0.1, -0.05) is 127 Å². The van der Waals surface area contributed by atoms with Crippen molar-refractivity contribution in [3.05, 3.63) is 170 Å². The highest BCUT2D eigenvalue weighted by molar-refractivity contribution is 6.26. The van der Waals surface area contributed by atoms with Gasteiger partial charge in [0.2, 0.25) is 5.71 Å². The van der Waals surface area contributed by atoms with Gasteiger partial charge in [0.1, 0.15) is 5.58 Å². The molecule has 0 amide bonds. The van der Waals surface area contributed by atoms with E-state index in [-0.39, 0.29) is 0 Å². The van der Waals surface area contributed by atoms with Gasteiger partial charge in [0.25, 0.3) is 0 Å². The van der Waals surface area contributed by atoms with Crippen LogP contribution in [0.4, 0.5) is 0 Å². The highest BCUT2D eigenvalue weighted by atomic mass is 16.3. The van der Waals surface area contributed by atoms with Crippen LogP contribution >= 0.6 is 0 Å². The molecule has 0 spiro atoms. The molecule has 11 rings (SSSR count). The van der Waals surface area contributed by atoms with Crippen LogP contribution in [-0.4, -0.2) is 19.1 Å². The number of benzene rings is 7. The van der Waals surface area contributed by atoms with E-state index >= 15 is 0 Å². The molecule has 0 aliphatic carbocycles. The molecule has 5 nitrogen and oxygen atoms in total. The van der Waals surface area contributed by atoms with E-state index < -0.39 is 0 Å². The second kappa shape index (κ2) is 10.8. The van der Waals surface area contributed by atoms with Crippen molar-refractivity contribution in [3.8, 4) is 34.0 Å². The van der Waals surface area contributed by atoms with E-state index in [9.17, 15) is 0 Å². The lowest BCUT2D eigenvalue weighted by Gasteiger charge is -2.15. The van der Waals surface area contributed by atoms with Crippen LogP contribution in [0.3, 0.4) is 0 Å². The van der Waals surface area contributed by atoms with Crippen LogP contribution < -0.4 is 0 Å². The molecule has 11 aromatic rings. The SMILES string of the molecule is c1ccc(-c2nc(-c3ccccc3-n3c4ccccc4c4ccc5c(c6ccccc6n5-c5ccccc5)c43)c3c(n2)oc2ccccc23)cc1. The Balaban J connectivity index is 1.30. The van der Waals surface area contributed by atoms with Gasteiger partial charge in [-0.25, -0.2) is 4.98 Å². The predicted octanol–water partition coefficient (Wildman–Crippen LogP) is 11.9. The summed E-state index contributed by atoms with van der Waals surface area (Å²) >= 11 is 0. The summed E-state index contributed by atoms with van der Waals surface area (Å²) in [6, 6.07) is 59.6. The molecule has 4 heterocycles. The molecular weight excluding hydrogens is 625 g/mol. The standard InChI is InChI=1S/C46H28N4O/c1-3-15-29(16-4-1)45-47-43(42-35-22-10-14-26-40(35)51-46(42)48-45)34-21-9-13-25-38(34)50-36-23-11-7-19-31(36)32-27-28-39-41(44(32)50)33-20-8-12-24-37(33)49(39)30-17-5-2-6-18-30/h1-28H. The number of fused-ring (bicyclic) bond motifs is 10. The number of furan rings is 1. The topological polar surface area (TPSA) is 48.8 Å². The molecule has 0 atom stereocenters. The van der Waals surface area contributed by atoms with Gasteiger partial charge in [0, 0.05) is 43.7 Å². The van der Waals surface area contributed by atoms with E-state index in [0.29, 0.717) is 11.5 Å². The summed E-state index contributed by atoms with van der Waals surface area (Å²) in [5, 5.41) is 6.73. The fourth-order valence-corrected chi connectivity index (χ4v) is 8.02. The highest BCUT2D eigenvalue weighted by Gasteiger charge is 2.24. The Hall–Kier alpha value is -6.98. The fraction of sp³-hybridized carbons (Fsp3) is 0. The van der Waals surface area contributed by atoms with E-state index in [0.717, 1.165) is 61.1 Å². The van der Waals surface area contributed by atoms with Gasteiger partial charge < -0.3 is 13.6 Å². The molecule has 0 saturated carbocycles. The summed E-state index contributed by atoms with van der Waals surface area (Å²) < 4.78 is 11.3. The minimum absolute atomic E-state index is 0.574. The van der Waals surface area contributed by atoms with Gasteiger partial charge in [-0.05, 0) is 42.5 Å². The average molecular weight is 653 g/mol. The normalized spacial score (nSPS) is 11.9. The third kappa shape index (κ3) is 4.03. The van der Waals surface area contributed by atoms with Crippen LogP contribution in [0.1, 0.15) is 0 Å². The van der Waals surface area contributed by atoms with Crippen molar-refractivity contribution in [1.29, 1.82) is 0 Å². The largest absolute Gasteiger partial charge is 0.438 e. The van der Waals surface area contributed by atoms with E-state index in [2.05, 4.69) is 130 Å². The van der Waals surface area contributed by atoms with Gasteiger partial charge in [-0.3, -0.25) is 0 Å². The van der Waals surface area contributed by atoms with Crippen LogP contribution in [0.2, 0.25) is 0 Å². The predicted molar refractivity (Wildman–Crippen MR) is 209 cm³/mol. The van der Waals surface area contributed by atoms with Gasteiger partial charge >= 0.3 is 0 Å². The molecule has 0 fully saturated rings. The Morgan fingerprint density at radius 3 is 1.90 bits per heavy atom. The third-order valence-corrected chi connectivity index (χ3v) is 10.2. The molecule has 0 bridgehead atoms. The summed E-state index contributed by atoms with van der Waals surface area (Å²) in [6.07, 6.45) is 0. The quantitative estimate of drug-likeness (QED) is 0.190. The molecule has 0 unspecified atom stereocenters. The molecule has 5 heteroatoms. The number of aromatic nitrogens is 4. The van der Waals surface area contributed by atoms with Crippen molar-refractivity contribution in [1.82, 2.24) is 19.1 Å². The average Bonchev–Trinajstić information content (AvgIpc) is 3.86. The van der Waals surface area contributed by atoms with Gasteiger partial charge in [0.15, 0.2) is 5.82 Å².